The van der Waals surface area contributed by atoms with Gasteiger partial charge in [0.15, 0.2) is 5.60 Å². The summed E-state index contributed by atoms with van der Waals surface area (Å²) in [7, 11) is 0. The summed E-state index contributed by atoms with van der Waals surface area (Å²) in [5, 5.41) is 10.8. The molecule has 0 bridgehead atoms. The maximum absolute atomic E-state index is 13.9. The van der Waals surface area contributed by atoms with Crippen LogP contribution in [0.15, 0.2) is 48.8 Å². The quantitative estimate of drug-likeness (QED) is 0.616. The topological polar surface area (TPSA) is 61.8 Å². The molecule has 0 amide bonds. The van der Waals surface area contributed by atoms with Crippen LogP contribution in [-0.2, 0) is 18.4 Å². The van der Waals surface area contributed by atoms with Crippen molar-refractivity contribution in [3.05, 3.63) is 71.7 Å². The standard InChI is InChI=1S/C22H24F3N3O/c1-21(2,3)10-17-13-27-19(28-17)11-22(29,20(24)25)15-6-4-14(5-7-15)18-9-8-16(23)12-26-18/h4-9,12-13,20,29H,10-11H2,1-3H3,(H,27,28). The van der Waals surface area contributed by atoms with E-state index in [-0.39, 0.29) is 17.4 Å². The fourth-order valence-corrected chi connectivity index (χ4v) is 3.19. The fourth-order valence-electron chi connectivity index (χ4n) is 3.19. The Hall–Kier alpha value is -2.67. The lowest BCUT2D eigenvalue weighted by Gasteiger charge is -2.27. The van der Waals surface area contributed by atoms with Crippen LogP contribution in [0.4, 0.5) is 13.2 Å². The Morgan fingerprint density at radius 2 is 1.66 bits per heavy atom. The number of hydrogen-bond acceptors (Lipinski definition) is 3. The molecule has 3 aromatic rings. The zero-order chi connectivity index (χ0) is 21.2. The van der Waals surface area contributed by atoms with Crippen molar-refractivity contribution in [1.29, 1.82) is 0 Å². The largest absolute Gasteiger partial charge is 0.379 e. The van der Waals surface area contributed by atoms with Gasteiger partial charge in [-0.1, -0.05) is 45.0 Å². The third kappa shape index (κ3) is 5.03. The molecule has 0 spiro atoms. The van der Waals surface area contributed by atoms with E-state index in [9.17, 15) is 18.3 Å². The highest BCUT2D eigenvalue weighted by atomic mass is 19.3. The monoisotopic (exact) mass is 403 g/mol. The highest BCUT2D eigenvalue weighted by Crippen LogP contribution is 2.33. The second-order valence-corrected chi connectivity index (χ2v) is 8.43. The molecule has 0 fully saturated rings. The SMILES string of the molecule is CC(C)(C)Cc1cnc(CC(O)(c2ccc(-c3ccc(F)cn3)cc2)C(F)F)[nH]1. The van der Waals surface area contributed by atoms with Gasteiger partial charge >= 0.3 is 0 Å². The number of aromatic nitrogens is 3. The Morgan fingerprint density at radius 1 is 0.966 bits per heavy atom. The summed E-state index contributed by atoms with van der Waals surface area (Å²) >= 11 is 0. The molecule has 2 heterocycles. The van der Waals surface area contributed by atoms with Crippen molar-refractivity contribution in [2.45, 2.75) is 45.6 Å². The van der Waals surface area contributed by atoms with Crippen LogP contribution in [0, 0.1) is 11.2 Å². The first-order valence-corrected chi connectivity index (χ1v) is 9.32. The van der Waals surface area contributed by atoms with Crippen molar-refractivity contribution < 1.29 is 18.3 Å². The lowest BCUT2D eigenvalue weighted by molar-refractivity contribution is -0.102. The first-order valence-electron chi connectivity index (χ1n) is 9.32. The average Bonchev–Trinajstić information content (AvgIpc) is 3.07. The number of aliphatic hydroxyl groups is 1. The maximum atomic E-state index is 13.9. The lowest BCUT2D eigenvalue weighted by atomic mass is 9.89. The van der Waals surface area contributed by atoms with Crippen molar-refractivity contribution >= 4 is 0 Å². The second kappa shape index (κ2) is 7.99. The third-order valence-corrected chi connectivity index (χ3v) is 4.61. The van der Waals surface area contributed by atoms with Crippen LogP contribution in [0.1, 0.15) is 37.9 Å². The van der Waals surface area contributed by atoms with E-state index >= 15 is 0 Å². The van der Waals surface area contributed by atoms with Crippen LogP contribution >= 0.6 is 0 Å². The van der Waals surface area contributed by atoms with Crippen LogP contribution in [0.25, 0.3) is 11.3 Å². The first-order chi connectivity index (χ1) is 13.6. The first kappa shape index (κ1) is 21.0. The van der Waals surface area contributed by atoms with Crippen LogP contribution in [0.3, 0.4) is 0 Å². The Bertz CT molecular complexity index is 947. The molecule has 2 N–H and O–H groups in total. The van der Waals surface area contributed by atoms with Crippen molar-refractivity contribution in [2.75, 3.05) is 0 Å². The number of pyridine rings is 1. The van der Waals surface area contributed by atoms with E-state index in [0.717, 1.165) is 11.9 Å². The van der Waals surface area contributed by atoms with Crippen LogP contribution in [0.5, 0.6) is 0 Å². The molecule has 154 valence electrons. The Balaban J connectivity index is 1.84. The second-order valence-electron chi connectivity index (χ2n) is 8.43. The van der Waals surface area contributed by atoms with Crippen LogP contribution in [-0.4, -0.2) is 26.5 Å². The third-order valence-electron chi connectivity index (χ3n) is 4.61. The molecule has 0 radical (unpaired) electrons. The van der Waals surface area contributed by atoms with Crippen molar-refractivity contribution in [1.82, 2.24) is 15.0 Å². The fraction of sp³-hybridized carbons (Fsp3) is 0.364. The van der Waals surface area contributed by atoms with Gasteiger partial charge in [-0.25, -0.2) is 18.2 Å². The number of nitrogens with zero attached hydrogens (tertiary/aromatic N) is 2. The summed E-state index contributed by atoms with van der Waals surface area (Å²) in [5.41, 5.74) is -0.306. The number of H-pyrrole nitrogens is 1. The molecular formula is C22H24F3N3O. The Kier molecular flexibility index (Phi) is 5.80. The van der Waals surface area contributed by atoms with Crippen molar-refractivity contribution in [2.24, 2.45) is 5.41 Å². The van der Waals surface area contributed by atoms with Gasteiger partial charge in [0.05, 0.1) is 11.9 Å². The molecule has 1 aromatic carbocycles. The number of halogens is 3. The van der Waals surface area contributed by atoms with E-state index in [1.807, 2.05) is 0 Å². The summed E-state index contributed by atoms with van der Waals surface area (Å²) in [6, 6.07) is 8.81. The number of aromatic amines is 1. The summed E-state index contributed by atoms with van der Waals surface area (Å²) < 4.78 is 40.7. The summed E-state index contributed by atoms with van der Waals surface area (Å²) in [6.07, 6.45) is 0.0733. The average molecular weight is 403 g/mol. The summed E-state index contributed by atoms with van der Waals surface area (Å²) in [6.45, 7) is 6.21. The van der Waals surface area contributed by atoms with Gasteiger partial charge in [-0.3, -0.25) is 4.98 Å². The number of rotatable bonds is 6. The number of alkyl halides is 2. The van der Waals surface area contributed by atoms with E-state index in [2.05, 4.69) is 35.7 Å². The van der Waals surface area contributed by atoms with Crippen molar-refractivity contribution in [3.8, 4) is 11.3 Å². The van der Waals surface area contributed by atoms with E-state index in [1.54, 1.807) is 18.3 Å². The molecule has 1 atom stereocenters. The Morgan fingerprint density at radius 3 is 2.21 bits per heavy atom. The van der Waals surface area contributed by atoms with Gasteiger partial charge < -0.3 is 10.1 Å². The summed E-state index contributed by atoms with van der Waals surface area (Å²) in [4.78, 5) is 11.2. The van der Waals surface area contributed by atoms with E-state index in [0.29, 0.717) is 23.5 Å². The van der Waals surface area contributed by atoms with Gasteiger partial charge in [-0.15, -0.1) is 0 Å². The minimum Gasteiger partial charge on any atom is -0.379 e. The molecule has 0 aliphatic heterocycles. The van der Waals surface area contributed by atoms with E-state index in [4.69, 9.17) is 0 Å². The smallest absolute Gasteiger partial charge is 0.271 e. The highest BCUT2D eigenvalue weighted by Gasteiger charge is 2.40. The van der Waals surface area contributed by atoms with Crippen LogP contribution < -0.4 is 0 Å². The predicted molar refractivity (Wildman–Crippen MR) is 105 cm³/mol. The molecule has 29 heavy (non-hydrogen) atoms. The van der Waals surface area contributed by atoms with E-state index < -0.39 is 17.8 Å². The Labute approximate surface area is 167 Å². The van der Waals surface area contributed by atoms with Gasteiger partial charge in [-0.2, -0.15) is 0 Å². The minimum absolute atomic E-state index is 0.0209. The normalized spacial score (nSPS) is 14.2. The zero-order valence-corrected chi connectivity index (χ0v) is 16.6. The molecule has 0 aliphatic carbocycles. The zero-order valence-electron chi connectivity index (χ0n) is 16.6. The van der Waals surface area contributed by atoms with Gasteiger partial charge in [0.1, 0.15) is 11.6 Å². The molecule has 0 aliphatic rings. The predicted octanol–water partition coefficient (Wildman–Crippen LogP) is 4.89. The van der Waals surface area contributed by atoms with Gasteiger partial charge in [0.2, 0.25) is 0 Å². The molecule has 7 heteroatoms. The van der Waals surface area contributed by atoms with Crippen LogP contribution in [0.2, 0.25) is 0 Å². The number of benzene rings is 1. The van der Waals surface area contributed by atoms with Gasteiger partial charge in [0, 0.05) is 23.9 Å². The number of hydrogen-bond donors (Lipinski definition) is 2. The molecule has 4 nitrogen and oxygen atoms in total. The summed E-state index contributed by atoms with van der Waals surface area (Å²) in [5.74, 6) is -0.155. The van der Waals surface area contributed by atoms with E-state index in [1.165, 1.54) is 24.3 Å². The lowest BCUT2D eigenvalue weighted by Crippen LogP contribution is -2.37. The van der Waals surface area contributed by atoms with Crippen molar-refractivity contribution in [3.63, 3.8) is 0 Å². The maximum Gasteiger partial charge on any atom is 0.271 e. The molecule has 1 unspecified atom stereocenters. The van der Waals surface area contributed by atoms with Gasteiger partial charge in [-0.05, 0) is 29.5 Å². The molecule has 0 saturated carbocycles. The highest BCUT2D eigenvalue weighted by molar-refractivity contribution is 5.59. The molecule has 2 aromatic heterocycles. The molecule has 3 rings (SSSR count). The molecule has 0 saturated heterocycles. The molecular weight excluding hydrogens is 379 g/mol. The van der Waals surface area contributed by atoms with Gasteiger partial charge in [0.25, 0.3) is 6.43 Å². The minimum atomic E-state index is -3.01. The number of imidazole rings is 1. The number of nitrogens with one attached hydrogen (secondary N) is 1.